The van der Waals surface area contributed by atoms with Crippen LogP contribution >= 0.6 is 0 Å². The molecular weight excluding hydrogens is 228 g/mol. The minimum atomic E-state index is -0.800. The normalized spacial score (nSPS) is 11.9. The Morgan fingerprint density at radius 3 is 2.72 bits per heavy atom. The van der Waals surface area contributed by atoms with Crippen molar-refractivity contribution < 1.29 is 9.90 Å². The summed E-state index contributed by atoms with van der Waals surface area (Å²) in [7, 11) is 0. The third-order valence-electron chi connectivity index (χ3n) is 2.95. The molecule has 4 heteroatoms. The maximum atomic E-state index is 10.6. The fourth-order valence-corrected chi connectivity index (χ4v) is 2.03. The topological polar surface area (TPSA) is 66.0 Å². The summed E-state index contributed by atoms with van der Waals surface area (Å²) in [5, 5.41) is 8.69. The molecule has 1 aromatic carbocycles. The second kappa shape index (κ2) is 4.44. The third kappa shape index (κ3) is 2.53. The van der Waals surface area contributed by atoms with Gasteiger partial charge in [0.15, 0.2) is 0 Å². The molecule has 0 saturated carbocycles. The number of carboxylic acids is 1. The predicted molar refractivity (Wildman–Crippen MR) is 70.8 cm³/mol. The van der Waals surface area contributed by atoms with E-state index >= 15 is 0 Å². The van der Waals surface area contributed by atoms with E-state index in [1.165, 1.54) is 5.56 Å². The standard InChI is InChI=1S/C14H18N2O2/c1-14(2,3)9-5-4-6-10-13(9)16-11(15-10)7-8-12(17)18/h4-6H,7-8H2,1-3H3,(H,15,16)(H,17,18). The number of rotatable bonds is 3. The number of benzene rings is 1. The van der Waals surface area contributed by atoms with Gasteiger partial charge in [-0.3, -0.25) is 4.79 Å². The van der Waals surface area contributed by atoms with Gasteiger partial charge in [0, 0.05) is 6.42 Å². The maximum absolute atomic E-state index is 10.6. The van der Waals surface area contributed by atoms with Gasteiger partial charge in [0.1, 0.15) is 5.82 Å². The summed E-state index contributed by atoms with van der Waals surface area (Å²) in [4.78, 5) is 18.3. The van der Waals surface area contributed by atoms with Crippen molar-refractivity contribution in [2.45, 2.75) is 39.0 Å². The molecule has 0 aliphatic rings. The van der Waals surface area contributed by atoms with Crippen LogP contribution in [0.4, 0.5) is 0 Å². The third-order valence-corrected chi connectivity index (χ3v) is 2.95. The van der Waals surface area contributed by atoms with Gasteiger partial charge in [-0.25, -0.2) is 4.98 Å². The Labute approximate surface area is 106 Å². The van der Waals surface area contributed by atoms with Crippen LogP contribution in [-0.4, -0.2) is 21.0 Å². The minimum Gasteiger partial charge on any atom is -0.481 e. The number of nitrogens with zero attached hydrogens (tertiary/aromatic N) is 1. The van der Waals surface area contributed by atoms with Crippen LogP contribution in [0.5, 0.6) is 0 Å². The lowest BCUT2D eigenvalue weighted by atomic mass is 9.86. The van der Waals surface area contributed by atoms with Gasteiger partial charge in [0.05, 0.1) is 17.5 Å². The van der Waals surface area contributed by atoms with Crippen molar-refractivity contribution in [3.63, 3.8) is 0 Å². The largest absolute Gasteiger partial charge is 0.481 e. The highest BCUT2D eigenvalue weighted by molar-refractivity contribution is 5.80. The molecule has 0 unspecified atom stereocenters. The Balaban J connectivity index is 2.42. The number of para-hydroxylation sites is 1. The van der Waals surface area contributed by atoms with E-state index in [0.717, 1.165) is 16.9 Å². The highest BCUT2D eigenvalue weighted by Crippen LogP contribution is 2.28. The van der Waals surface area contributed by atoms with Gasteiger partial charge in [0.2, 0.25) is 0 Å². The van der Waals surface area contributed by atoms with Crippen LogP contribution < -0.4 is 0 Å². The summed E-state index contributed by atoms with van der Waals surface area (Å²) in [6, 6.07) is 6.05. The minimum absolute atomic E-state index is 0.0266. The van der Waals surface area contributed by atoms with E-state index in [2.05, 4.69) is 36.8 Å². The predicted octanol–water partition coefficient (Wildman–Crippen LogP) is 2.88. The molecular formula is C14H18N2O2. The quantitative estimate of drug-likeness (QED) is 0.875. The molecule has 0 amide bonds. The molecule has 0 aliphatic carbocycles. The molecule has 2 aromatic rings. The molecule has 2 N–H and O–H groups in total. The van der Waals surface area contributed by atoms with E-state index in [1.54, 1.807) is 0 Å². The average Bonchev–Trinajstić information content (AvgIpc) is 2.66. The van der Waals surface area contributed by atoms with Gasteiger partial charge in [-0.2, -0.15) is 0 Å². The van der Waals surface area contributed by atoms with Crippen molar-refractivity contribution in [2.24, 2.45) is 0 Å². The first kappa shape index (κ1) is 12.6. The van der Waals surface area contributed by atoms with Crippen molar-refractivity contribution in [1.29, 1.82) is 0 Å². The molecule has 0 spiro atoms. The highest BCUT2D eigenvalue weighted by Gasteiger charge is 2.18. The van der Waals surface area contributed by atoms with Crippen LogP contribution in [0.25, 0.3) is 11.0 Å². The van der Waals surface area contributed by atoms with Crippen LogP contribution in [0, 0.1) is 0 Å². The Bertz CT molecular complexity index is 579. The molecule has 0 saturated heterocycles. The molecule has 18 heavy (non-hydrogen) atoms. The Hall–Kier alpha value is -1.84. The molecule has 1 aromatic heterocycles. The first-order chi connectivity index (χ1) is 8.38. The van der Waals surface area contributed by atoms with Crippen LogP contribution in [0.1, 0.15) is 38.6 Å². The summed E-state index contributed by atoms with van der Waals surface area (Å²) in [5.41, 5.74) is 3.13. The Kier molecular flexibility index (Phi) is 3.11. The van der Waals surface area contributed by atoms with E-state index in [-0.39, 0.29) is 11.8 Å². The Morgan fingerprint density at radius 1 is 1.39 bits per heavy atom. The molecule has 0 radical (unpaired) electrons. The van der Waals surface area contributed by atoms with Gasteiger partial charge in [0.25, 0.3) is 0 Å². The summed E-state index contributed by atoms with van der Waals surface area (Å²) in [5.74, 6) is -0.0596. The fraction of sp³-hybridized carbons (Fsp3) is 0.429. The number of aromatic nitrogens is 2. The first-order valence-electron chi connectivity index (χ1n) is 6.08. The monoisotopic (exact) mass is 246 g/mol. The van der Waals surface area contributed by atoms with Crippen molar-refractivity contribution in [1.82, 2.24) is 9.97 Å². The molecule has 2 rings (SSSR count). The van der Waals surface area contributed by atoms with Gasteiger partial charge >= 0.3 is 5.97 Å². The van der Waals surface area contributed by atoms with Crippen molar-refractivity contribution in [2.75, 3.05) is 0 Å². The zero-order valence-electron chi connectivity index (χ0n) is 10.9. The van der Waals surface area contributed by atoms with Crippen molar-refractivity contribution >= 4 is 17.0 Å². The molecule has 0 atom stereocenters. The lowest BCUT2D eigenvalue weighted by Gasteiger charge is -2.19. The lowest BCUT2D eigenvalue weighted by molar-refractivity contribution is -0.137. The maximum Gasteiger partial charge on any atom is 0.303 e. The number of aromatic amines is 1. The second-order valence-electron chi connectivity index (χ2n) is 5.53. The summed E-state index contributed by atoms with van der Waals surface area (Å²) in [6.07, 6.45) is 0.540. The van der Waals surface area contributed by atoms with Gasteiger partial charge in [-0.15, -0.1) is 0 Å². The van der Waals surface area contributed by atoms with E-state index in [1.807, 2.05) is 12.1 Å². The first-order valence-corrected chi connectivity index (χ1v) is 6.08. The smallest absolute Gasteiger partial charge is 0.303 e. The van der Waals surface area contributed by atoms with E-state index in [4.69, 9.17) is 5.11 Å². The number of imidazole rings is 1. The molecule has 0 fully saturated rings. The SMILES string of the molecule is CC(C)(C)c1cccc2[nH]c(CCC(=O)O)nc12. The van der Waals surface area contributed by atoms with Crippen LogP contribution in [-0.2, 0) is 16.6 Å². The van der Waals surface area contributed by atoms with Crippen LogP contribution in [0.3, 0.4) is 0 Å². The van der Waals surface area contributed by atoms with E-state index in [0.29, 0.717) is 6.42 Å². The Morgan fingerprint density at radius 2 is 2.11 bits per heavy atom. The van der Waals surface area contributed by atoms with E-state index < -0.39 is 5.97 Å². The molecule has 4 nitrogen and oxygen atoms in total. The number of aryl methyl sites for hydroxylation is 1. The molecule has 0 bridgehead atoms. The van der Waals surface area contributed by atoms with Crippen molar-refractivity contribution in [3.8, 4) is 0 Å². The zero-order chi connectivity index (χ0) is 13.3. The van der Waals surface area contributed by atoms with Crippen molar-refractivity contribution in [3.05, 3.63) is 29.6 Å². The van der Waals surface area contributed by atoms with Gasteiger partial charge in [-0.05, 0) is 17.0 Å². The number of fused-ring (bicyclic) bond motifs is 1. The summed E-state index contributed by atoms with van der Waals surface area (Å²) < 4.78 is 0. The number of hydrogen-bond donors (Lipinski definition) is 2. The molecule has 0 aliphatic heterocycles. The average molecular weight is 246 g/mol. The number of hydrogen-bond acceptors (Lipinski definition) is 2. The van der Waals surface area contributed by atoms with Gasteiger partial charge in [-0.1, -0.05) is 32.9 Å². The van der Waals surface area contributed by atoms with Crippen LogP contribution in [0.15, 0.2) is 18.2 Å². The number of carbonyl (C=O) groups is 1. The zero-order valence-corrected chi connectivity index (χ0v) is 10.9. The number of H-pyrrole nitrogens is 1. The van der Waals surface area contributed by atoms with Crippen LogP contribution in [0.2, 0.25) is 0 Å². The number of carboxylic acid groups (broad SMARTS) is 1. The summed E-state index contributed by atoms with van der Waals surface area (Å²) >= 11 is 0. The number of nitrogens with one attached hydrogen (secondary N) is 1. The summed E-state index contributed by atoms with van der Waals surface area (Å²) in [6.45, 7) is 6.44. The lowest BCUT2D eigenvalue weighted by Crippen LogP contribution is -2.11. The number of aliphatic carboxylic acids is 1. The molecule has 96 valence electrons. The fourth-order valence-electron chi connectivity index (χ4n) is 2.03. The van der Waals surface area contributed by atoms with E-state index in [9.17, 15) is 4.79 Å². The second-order valence-corrected chi connectivity index (χ2v) is 5.53. The highest BCUT2D eigenvalue weighted by atomic mass is 16.4. The molecule has 1 heterocycles. The van der Waals surface area contributed by atoms with Gasteiger partial charge < -0.3 is 10.1 Å².